The molecule has 0 aromatic rings. The van der Waals surface area contributed by atoms with Crippen LogP contribution in [-0.2, 0) is 0 Å². The van der Waals surface area contributed by atoms with E-state index in [1.54, 1.807) is 0 Å². The summed E-state index contributed by atoms with van der Waals surface area (Å²) in [4.78, 5) is 9.52. The molecule has 0 aromatic carbocycles. The van der Waals surface area contributed by atoms with Crippen LogP contribution in [0.15, 0.2) is 4.99 Å². The largest absolute Gasteiger partial charge is 0.343 e. The Labute approximate surface area is 117 Å². The van der Waals surface area contributed by atoms with Gasteiger partial charge in [0.15, 0.2) is 0 Å². The topological polar surface area (TPSA) is 56.9 Å². The van der Waals surface area contributed by atoms with E-state index in [1.165, 1.54) is 45.1 Å². The van der Waals surface area contributed by atoms with Crippen LogP contribution in [0.1, 0.15) is 45.4 Å². The monoisotopic (exact) mass is 267 g/mol. The molecule has 1 saturated carbocycles. The second kappa shape index (κ2) is 7.10. The van der Waals surface area contributed by atoms with Crippen LogP contribution in [0.2, 0.25) is 0 Å². The van der Waals surface area contributed by atoms with Crippen LogP contribution >= 0.6 is 0 Å². The molecule has 0 spiro atoms. The first-order valence-electron chi connectivity index (χ1n) is 7.74. The van der Waals surface area contributed by atoms with Gasteiger partial charge in [0.2, 0.25) is 5.96 Å². The van der Waals surface area contributed by atoms with Crippen LogP contribution in [0.4, 0.5) is 0 Å². The van der Waals surface area contributed by atoms with E-state index in [0.717, 1.165) is 19.0 Å². The molecule has 2 aliphatic rings. The van der Waals surface area contributed by atoms with Gasteiger partial charge in [0.25, 0.3) is 0 Å². The molecule has 1 heterocycles. The second-order valence-corrected chi connectivity index (χ2v) is 5.84. The number of hydrogen-bond acceptors (Lipinski definition) is 3. The summed E-state index contributed by atoms with van der Waals surface area (Å²) < 4.78 is 0. The number of guanidine groups is 1. The number of likely N-dealkylation sites (N-methyl/N-ethyl adjacent to an activating group) is 2. The fourth-order valence-electron chi connectivity index (χ4n) is 3.37. The van der Waals surface area contributed by atoms with Crippen LogP contribution in [0.5, 0.6) is 0 Å². The number of likely N-dealkylation sites (tertiary alicyclic amines) is 1. The maximum Gasteiger partial charge on any atom is 0.208 e. The average Bonchev–Trinajstić information content (AvgIpc) is 3.06. The molecule has 0 amide bonds. The highest BCUT2D eigenvalue weighted by Crippen LogP contribution is 2.21. The number of rotatable bonds is 4. The number of aliphatic imine (C=N–C) groups is 1. The molecule has 2 fully saturated rings. The number of nitrogens with two attached hydrogens (primary N) is 1. The van der Waals surface area contributed by atoms with Gasteiger partial charge >= 0.3 is 0 Å². The zero-order chi connectivity index (χ0) is 13.7. The molecule has 110 valence electrons. The molecule has 1 aliphatic carbocycles. The highest BCUT2D eigenvalue weighted by Gasteiger charge is 2.25. The molecule has 2 rings (SSSR count). The molecular weight excluding hydrogens is 238 g/mol. The minimum Gasteiger partial charge on any atom is -0.343 e. The minimum absolute atomic E-state index is 0.472. The van der Waals surface area contributed by atoms with Gasteiger partial charge in [0, 0.05) is 19.6 Å². The lowest BCUT2D eigenvalue weighted by atomic mass is 10.2. The number of hydrazine groups is 1. The van der Waals surface area contributed by atoms with Crippen LogP contribution < -0.4 is 11.3 Å². The Morgan fingerprint density at radius 1 is 1.32 bits per heavy atom. The third-order valence-electron chi connectivity index (χ3n) is 4.51. The van der Waals surface area contributed by atoms with E-state index < -0.39 is 0 Å². The first kappa shape index (κ1) is 14.6. The summed E-state index contributed by atoms with van der Waals surface area (Å²) in [5.41, 5.74) is 2.79. The quantitative estimate of drug-likeness (QED) is 0.347. The van der Waals surface area contributed by atoms with E-state index in [1.807, 2.05) is 0 Å². The lowest BCUT2D eigenvalue weighted by Crippen LogP contribution is -2.48. The normalized spacial score (nSPS) is 26.1. The smallest absolute Gasteiger partial charge is 0.208 e. The summed E-state index contributed by atoms with van der Waals surface area (Å²) in [6, 6.07) is 1.12. The van der Waals surface area contributed by atoms with Gasteiger partial charge in [-0.2, -0.15) is 0 Å². The fourth-order valence-corrected chi connectivity index (χ4v) is 3.37. The number of hydrogen-bond donors (Lipinski definition) is 2. The summed E-state index contributed by atoms with van der Waals surface area (Å²) in [6.45, 7) is 5.64. The van der Waals surface area contributed by atoms with Crippen molar-refractivity contribution in [2.24, 2.45) is 10.8 Å². The fraction of sp³-hybridized carbons (Fsp3) is 0.929. The van der Waals surface area contributed by atoms with Gasteiger partial charge in [-0.05, 0) is 38.8 Å². The van der Waals surface area contributed by atoms with E-state index >= 15 is 0 Å². The first-order chi connectivity index (χ1) is 9.24. The van der Waals surface area contributed by atoms with E-state index in [0.29, 0.717) is 12.1 Å². The minimum atomic E-state index is 0.472. The Kier molecular flexibility index (Phi) is 5.45. The molecular formula is C14H29N5. The zero-order valence-corrected chi connectivity index (χ0v) is 12.4. The van der Waals surface area contributed by atoms with E-state index in [2.05, 4.69) is 29.2 Å². The van der Waals surface area contributed by atoms with Crippen molar-refractivity contribution in [1.82, 2.24) is 15.2 Å². The van der Waals surface area contributed by atoms with Gasteiger partial charge in [-0.15, -0.1) is 0 Å². The van der Waals surface area contributed by atoms with Crippen molar-refractivity contribution in [1.29, 1.82) is 0 Å². The molecule has 1 aliphatic heterocycles. The van der Waals surface area contributed by atoms with Gasteiger partial charge in [0.1, 0.15) is 0 Å². The summed E-state index contributed by atoms with van der Waals surface area (Å²) >= 11 is 0. The van der Waals surface area contributed by atoms with Crippen molar-refractivity contribution in [2.75, 3.05) is 26.7 Å². The molecule has 1 atom stereocenters. The molecule has 5 heteroatoms. The van der Waals surface area contributed by atoms with Gasteiger partial charge in [0.05, 0.1) is 6.04 Å². The van der Waals surface area contributed by atoms with Crippen molar-refractivity contribution >= 4 is 5.96 Å². The zero-order valence-electron chi connectivity index (χ0n) is 12.4. The number of nitrogens with zero attached hydrogens (tertiary/aromatic N) is 3. The Bertz CT molecular complexity index is 298. The van der Waals surface area contributed by atoms with Crippen molar-refractivity contribution < 1.29 is 0 Å². The van der Waals surface area contributed by atoms with Crippen molar-refractivity contribution in [3.63, 3.8) is 0 Å². The first-order valence-corrected chi connectivity index (χ1v) is 7.74. The lowest BCUT2D eigenvalue weighted by molar-refractivity contribution is 0.232. The molecule has 0 radical (unpaired) electrons. The highest BCUT2D eigenvalue weighted by molar-refractivity contribution is 5.79. The molecule has 3 N–H and O–H groups in total. The molecule has 0 bridgehead atoms. The molecule has 19 heavy (non-hydrogen) atoms. The molecule has 5 nitrogen and oxygen atoms in total. The van der Waals surface area contributed by atoms with Crippen LogP contribution in [0.3, 0.4) is 0 Å². The average molecular weight is 267 g/mol. The van der Waals surface area contributed by atoms with Gasteiger partial charge in [-0.25, -0.2) is 10.8 Å². The van der Waals surface area contributed by atoms with Crippen molar-refractivity contribution in [2.45, 2.75) is 57.5 Å². The Balaban J connectivity index is 1.90. The Hall–Kier alpha value is -0.810. The van der Waals surface area contributed by atoms with Gasteiger partial charge in [-0.1, -0.05) is 19.8 Å². The SMILES string of the molecule is CCN1CCCC1CN(C)C(=NC1CCCC1)NN. The van der Waals surface area contributed by atoms with Crippen molar-refractivity contribution in [3.8, 4) is 0 Å². The Morgan fingerprint density at radius 2 is 2.05 bits per heavy atom. The van der Waals surface area contributed by atoms with E-state index in [4.69, 9.17) is 10.8 Å². The van der Waals surface area contributed by atoms with Crippen LogP contribution in [0.25, 0.3) is 0 Å². The van der Waals surface area contributed by atoms with Crippen molar-refractivity contribution in [3.05, 3.63) is 0 Å². The predicted octanol–water partition coefficient (Wildman–Crippen LogP) is 1.16. The lowest BCUT2D eigenvalue weighted by Gasteiger charge is -2.29. The highest BCUT2D eigenvalue weighted by atomic mass is 15.4. The third kappa shape index (κ3) is 3.83. The standard InChI is InChI=1S/C14H29N5/c1-3-19-10-6-9-13(19)11-18(2)14(17-15)16-12-7-4-5-8-12/h12-13H,3-11,15H2,1-2H3,(H,16,17). The summed E-state index contributed by atoms with van der Waals surface area (Å²) in [6.07, 6.45) is 7.65. The Morgan fingerprint density at radius 3 is 2.68 bits per heavy atom. The third-order valence-corrected chi connectivity index (χ3v) is 4.51. The molecule has 0 aromatic heterocycles. The van der Waals surface area contributed by atoms with E-state index in [-0.39, 0.29) is 0 Å². The van der Waals surface area contributed by atoms with Gasteiger partial charge < -0.3 is 4.90 Å². The summed E-state index contributed by atoms with van der Waals surface area (Å²) in [5.74, 6) is 6.51. The van der Waals surface area contributed by atoms with Crippen LogP contribution in [0, 0.1) is 0 Å². The summed E-state index contributed by atoms with van der Waals surface area (Å²) in [5, 5.41) is 0. The predicted molar refractivity (Wildman–Crippen MR) is 79.9 cm³/mol. The van der Waals surface area contributed by atoms with E-state index in [9.17, 15) is 0 Å². The maximum absolute atomic E-state index is 5.66. The number of nitrogens with one attached hydrogen (secondary N) is 1. The molecule has 1 unspecified atom stereocenters. The maximum atomic E-state index is 5.66. The van der Waals surface area contributed by atoms with Gasteiger partial charge in [-0.3, -0.25) is 10.3 Å². The second-order valence-electron chi connectivity index (χ2n) is 5.84. The van der Waals surface area contributed by atoms with Crippen LogP contribution in [-0.4, -0.2) is 54.5 Å². The summed E-state index contributed by atoms with van der Waals surface area (Å²) in [7, 11) is 2.10. The molecule has 1 saturated heterocycles.